The van der Waals surface area contributed by atoms with Crippen molar-refractivity contribution in [2.75, 3.05) is 6.54 Å². The van der Waals surface area contributed by atoms with Gasteiger partial charge in [0, 0.05) is 31.9 Å². The number of amides is 2. The molecule has 0 unspecified atom stereocenters. The van der Waals surface area contributed by atoms with Gasteiger partial charge >= 0.3 is 0 Å². The molecule has 1 aliphatic rings. The second-order valence-corrected chi connectivity index (χ2v) is 5.95. The molecule has 0 aliphatic carbocycles. The van der Waals surface area contributed by atoms with Crippen molar-refractivity contribution >= 4 is 11.8 Å². The summed E-state index contributed by atoms with van der Waals surface area (Å²) in [5.41, 5.74) is 0.996. The summed E-state index contributed by atoms with van der Waals surface area (Å²) in [6.45, 7) is 5.54. The summed E-state index contributed by atoms with van der Waals surface area (Å²) in [7, 11) is 0. The first kappa shape index (κ1) is 14.5. The van der Waals surface area contributed by atoms with Crippen molar-refractivity contribution in [2.45, 2.75) is 26.8 Å². The molecule has 1 aromatic carbocycles. The molecular weight excluding hydrogens is 278 g/mol. The fourth-order valence-corrected chi connectivity index (χ4v) is 2.78. The number of benzene rings is 1. The normalized spacial score (nSPS) is 14.0. The van der Waals surface area contributed by atoms with Gasteiger partial charge in [0.2, 0.25) is 0 Å². The number of imidazole rings is 1. The van der Waals surface area contributed by atoms with Crippen LogP contribution in [-0.2, 0) is 13.0 Å². The molecule has 114 valence electrons. The Bertz CT molecular complexity index is 683. The number of fused-ring (bicyclic) bond motifs is 1. The molecule has 2 amide bonds. The lowest BCUT2D eigenvalue weighted by molar-refractivity contribution is 0.0655. The average molecular weight is 297 g/mol. The highest BCUT2D eigenvalue weighted by molar-refractivity contribution is 6.21. The third-order valence-corrected chi connectivity index (χ3v) is 3.80. The molecule has 5 nitrogen and oxygen atoms in total. The molecule has 0 saturated carbocycles. The van der Waals surface area contributed by atoms with Crippen molar-refractivity contribution in [1.82, 2.24) is 14.5 Å². The molecule has 2 aromatic rings. The van der Waals surface area contributed by atoms with E-state index < -0.39 is 0 Å². The molecule has 2 heterocycles. The molecular formula is C17H19N3O2. The average Bonchev–Trinajstić information content (AvgIpc) is 3.02. The van der Waals surface area contributed by atoms with Crippen LogP contribution in [0.4, 0.5) is 0 Å². The van der Waals surface area contributed by atoms with Crippen LogP contribution < -0.4 is 0 Å². The predicted molar refractivity (Wildman–Crippen MR) is 82.6 cm³/mol. The largest absolute Gasteiger partial charge is 0.335 e. The second-order valence-electron chi connectivity index (χ2n) is 5.95. The zero-order valence-corrected chi connectivity index (χ0v) is 12.8. The topological polar surface area (TPSA) is 55.2 Å². The summed E-state index contributed by atoms with van der Waals surface area (Å²) >= 11 is 0. The number of rotatable bonds is 5. The third kappa shape index (κ3) is 2.54. The van der Waals surface area contributed by atoms with Gasteiger partial charge in [-0.05, 0) is 18.1 Å². The SMILES string of the molecule is CC(C)Cn1ccnc1CCN1C(=O)c2ccccc2C1=O. The predicted octanol–water partition coefficient (Wildman–Crippen LogP) is 2.38. The Hall–Kier alpha value is -2.43. The van der Waals surface area contributed by atoms with Crippen LogP contribution >= 0.6 is 0 Å². The number of carbonyl (C=O) groups excluding carboxylic acids is 2. The first-order valence-corrected chi connectivity index (χ1v) is 7.53. The van der Waals surface area contributed by atoms with Crippen LogP contribution in [0.25, 0.3) is 0 Å². The summed E-state index contributed by atoms with van der Waals surface area (Å²) in [5.74, 6) is 1.02. The van der Waals surface area contributed by atoms with Gasteiger partial charge in [-0.15, -0.1) is 0 Å². The molecule has 0 bridgehead atoms. The summed E-state index contributed by atoms with van der Waals surface area (Å²) in [4.78, 5) is 30.3. The van der Waals surface area contributed by atoms with E-state index in [9.17, 15) is 9.59 Å². The number of hydrogen-bond acceptors (Lipinski definition) is 3. The Kier molecular flexibility index (Phi) is 3.79. The summed E-state index contributed by atoms with van der Waals surface area (Å²) < 4.78 is 2.09. The lowest BCUT2D eigenvalue weighted by Crippen LogP contribution is -2.32. The maximum Gasteiger partial charge on any atom is 0.261 e. The molecule has 5 heteroatoms. The molecule has 0 atom stereocenters. The van der Waals surface area contributed by atoms with Crippen LogP contribution in [0.3, 0.4) is 0 Å². The van der Waals surface area contributed by atoms with E-state index in [0.717, 1.165) is 12.4 Å². The monoisotopic (exact) mass is 297 g/mol. The van der Waals surface area contributed by atoms with Crippen LogP contribution in [-0.4, -0.2) is 32.8 Å². The van der Waals surface area contributed by atoms with E-state index in [0.29, 0.717) is 30.0 Å². The highest BCUT2D eigenvalue weighted by Crippen LogP contribution is 2.22. The third-order valence-electron chi connectivity index (χ3n) is 3.80. The molecule has 0 spiro atoms. The Morgan fingerprint density at radius 2 is 1.73 bits per heavy atom. The van der Waals surface area contributed by atoms with E-state index in [-0.39, 0.29) is 11.8 Å². The lowest BCUT2D eigenvalue weighted by Gasteiger charge is -2.15. The van der Waals surface area contributed by atoms with Crippen molar-refractivity contribution in [3.05, 3.63) is 53.6 Å². The first-order chi connectivity index (χ1) is 10.6. The summed E-state index contributed by atoms with van der Waals surface area (Å²) in [6, 6.07) is 6.97. The van der Waals surface area contributed by atoms with Crippen molar-refractivity contribution in [3.63, 3.8) is 0 Å². The van der Waals surface area contributed by atoms with Crippen molar-refractivity contribution in [2.24, 2.45) is 5.92 Å². The van der Waals surface area contributed by atoms with E-state index in [1.807, 2.05) is 6.20 Å². The van der Waals surface area contributed by atoms with Gasteiger partial charge in [-0.2, -0.15) is 0 Å². The maximum atomic E-state index is 12.3. The summed E-state index contributed by atoms with van der Waals surface area (Å²) in [6.07, 6.45) is 4.28. The van der Waals surface area contributed by atoms with Gasteiger partial charge in [0.25, 0.3) is 11.8 Å². The van der Waals surface area contributed by atoms with Gasteiger partial charge < -0.3 is 4.57 Å². The van der Waals surface area contributed by atoms with Crippen molar-refractivity contribution < 1.29 is 9.59 Å². The van der Waals surface area contributed by atoms with E-state index >= 15 is 0 Å². The van der Waals surface area contributed by atoms with E-state index in [2.05, 4.69) is 23.4 Å². The minimum absolute atomic E-state index is 0.206. The van der Waals surface area contributed by atoms with Crippen molar-refractivity contribution in [1.29, 1.82) is 0 Å². The molecule has 0 N–H and O–H groups in total. The van der Waals surface area contributed by atoms with Gasteiger partial charge in [0.05, 0.1) is 11.1 Å². The van der Waals surface area contributed by atoms with Gasteiger partial charge in [0.15, 0.2) is 0 Å². The van der Waals surface area contributed by atoms with Gasteiger partial charge in [0.1, 0.15) is 5.82 Å². The van der Waals surface area contributed by atoms with E-state index in [1.54, 1.807) is 30.5 Å². The molecule has 3 rings (SSSR count). The van der Waals surface area contributed by atoms with E-state index in [4.69, 9.17) is 0 Å². The molecule has 0 saturated heterocycles. The van der Waals surface area contributed by atoms with Crippen LogP contribution in [0.2, 0.25) is 0 Å². The Morgan fingerprint density at radius 3 is 2.32 bits per heavy atom. The molecule has 22 heavy (non-hydrogen) atoms. The minimum atomic E-state index is -0.206. The van der Waals surface area contributed by atoms with Crippen LogP contribution in [0, 0.1) is 5.92 Å². The quantitative estimate of drug-likeness (QED) is 0.796. The van der Waals surface area contributed by atoms with Gasteiger partial charge in [-0.3, -0.25) is 14.5 Å². The number of hydrogen-bond donors (Lipinski definition) is 0. The fourth-order valence-electron chi connectivity index (χ4n) is 2.78. The molecule has 1 aromatic heterocycles. The van der Waals surface area contributed by atoms with Crippen LogP contribution in [0.5, 0.6) is 0 Å². The molecule has 0 radical (unpaired) electrons. The Balaban J connectivity index is 1.72. The molecule has 0 fully saturated rings. The van der Waals surface area contributed by atoms with Gasteiger partial charge in [-0.1, -0.05) is 26.0 Å². The van der Waals surface area contributed by atoms with E-state index in [1.165, 1.54) is 4.90 Å². The number of carbonyl (C=O) groups is 2. The van der Waals surface area contributed by atoms with Crippen molar-refractivity contribution in [3.8, 4) is 0 Å². The Morgan fingerprint density at radius 1 is 1.09 bits per heavy atom. The fraction of sp³-hybridized carbons (Fsp3) is 0.353. The molecule has 1 aliphatic heterocycles. The highest BCUT2D eigenvalue weighted by atomic mass is 16.2. The smallest absolute Gasteiger partial charge is 0.261 e. The maximum absolute atomic E-state index is 12.3. The minimum Gasteiger partial charge on any atom is -0.335 e. The Labute approximate surface area is 129 Å². The highest BCUT2D eigenvalue weighted by Gasteiger charge is 2.34. The summed E-state index contributed by atoms with van der Waals surface area (Å²) in [5, 5.41) is 0. The first-order valence-electron chi connectivity index (χ1n) is 7.53. The standard InChI is InChI=1S/C17H19N3O2/c1-12(2)11-19-10-8-18-15(19)7-9-20-16(21)13-5-3-4-6-14(13)17(20)22/h3-6,8,10,12H,7,9,11H2,1-2H3. The number of nitrogens with zero attached hydrogens (tertiary/aromatic N) is 3. The van der Waals surface area contributed by atoms with Crippen LogP contribution in [0.1, 0.15) is 40.4 Å². The van der Waals surface area contributed by atoms with Gasteiger partial charge in [-0.25, -0.2) is 4.98 Å². The number of imide groups is 1. The van der Waals surface area contributed by atoms with Crippen LogP contribution in [0.15, 0.2) is 36.7 Å². The lowest BCUT2D eigenvalue weighted by atomic mass is 10.1. The zero-order chi connectivity index (χ0) is 15.7. The second kappa shape index (κ2) is 5.75. The number of aromatic nitrogens is 2. The zero-order valence-electron chi connectivity index (χ0n) is 12.8.